The van der Waals surface area contributed by atoms with Crippen LogP contribution in [0.1, 0.15) is 62.4 Å². The number of hydrogen-bond donors (Lipinski definition) is 1. The predicted molar refractivity (Wildman–Crippen MR) is 87.8 cm³/mol. The normalized spacial score (nSPS) is 16.2. The fourth-order valence-corrected chi connectivity index (χ4v) is 2.93. The van der Waals surface area contributed by atoms with Gasteiger partial charge in [-0.3, -0.25) is 9.59 Å². The lowest BCUT2D eigenvalue weighted by molar-refractivity contribution is -0.112. The van der Waals surface area contributed by atoms with Crippen LogP contribution in [0.25, 0.3) is 5.76 Å². The molecule has 1 N–H and O–H groups in total. The van der Waals surface area contributed by atoms with Crippen LogP contribution in [0.2, 0.25) is 0 Å². The number of benzene rings is 1. The average molecular weight is 300 g/mol. The van der Waals surface area contributed by atoms with Gasteiger partial charge in [0.05, 0.1) is 0 Å². The summed E-state index contributed by atoms with van der Waals surface area (Å²) in [6.07, 6.45) is 3.72. The van der Waals surface area contributed by atoms with Gasteiger partial charge in [-0.1, -0.05) is 64.3 Å². The first kappa shape index (κ1) is 16.5. The van der Waals surface area contributed by atoms with Crippen LogP contribution in [0.15, 0.2) is 29.8 Å². The first-order valence-corrected chi connectivity index (χ1v) is 8.02. The van der Waals surface area contributed by atoms with Crippen molar-refractivity contribution in [2.75, 3.05) is 0 Å². The SMILES string of the molecule is CC(C)CCCC(C)CC1=C(O)c2ccccc2C(=O)C1=O. The molecule has 1 aliphatic carbocycles. The lowest BCUT2D eigenvalue weighted by Crippen LogP contribution is -2.25. The van der Waals surface area contributed by atoms with Crippen molar-refractivity contribution in [3.63, 3.8) is 0 Å². The molecule has 0 saturated heterocycles. The van der Waals surface area contributed by atoms with E-state index in [0.29, 0.717) is 23.5 Å². The summed E-state index contributed by atoms with van der Waals surface area (Å²) >= 11 is 0. The zero-order valence-corrected chi connectivity index (χ0v) is 13.6. The quantitative estimate of drug-likeness (QED) is 0.783. The van der Waals surface area contributed by atoms with Gasteiger partial charge in [-0.05, 0) is 18.3 Å². The topological polar surface area (TPSA) is 54.4 Å². The molecule has 1 atom stereocenters. The minimum Gasteiger partial charge on any atom is -0.507 e. The number of hydrogen-bond acceptors (Lipinski definition) is 3. The highest BCUT2D eigenvalue weighted by Gasteiger charge is 2.32. The van der Waals surface area contributed by atoms with Gasteiger partial charge < -0.3 is 5.11 Å². The fraction of sp³-hybridized carbons (Fsp3) is 0.474. The Kier molecular flexibility index (Phi) is 5.17. The van der Waals surface area contributed by atoms with Crippen molar-refractivity contribution >= 4 is 17.3 Å². The number of ketones is 2. The Hall–Kier alpha value is -1.90. The molecule has 0 aromatic heterocycles. The predicted octanol–water partition coefficient (Wildman–Crippen LogP) is 4.57. The molecule has 3 heteroatoms. The molecule has 0 bridgehead atoms. The van der Waals surface area contributed by atoms with Gasteiger partial charge in [0.1, 0.15) is 5.76 Å². The molecule has 1 aliphatic rings. The van der Waals surface area contributed by atoms with E-state index in [4.69, 9.17) is 0 Å². The van der Waals surface area contributed by atoms with Crippen LogP contribution in [0.5, 0.6) is 0 Å². The Bertz CT molecular complexity index is 611. The maximum Gasteiger partial charge on any atom is 0.234 e. The number of allylic oxidation sites excluding steroid dienone is 1. The summed E-state index contributed by atoms with van der Waals surface area (Å²) in [5.41, 5.74) is 1.07. The fourth-order valence-electron chi connectivity index (χ4n) is 2.93. The minimum atomic E-state index is -0.549. The Labute approximate surface area is 132 Å². The van der Waals surface area contributed by atoms with E-state index in [1.807, 2.05) is 0 Å². The Morgan fingerprint density at radius 1 is 0.955 bits per heavy atom. The van der Waals surface area contributed by atoms with Crippen molar-refractivity contribution in [3.8, 4) is 0 Å². The van der Waals surface area contributed by atoms with Gasteiger partial charge in [0.2, 0.25) is 11.6 Å². The third-order valence-electron chi connectivity index (χ3n) is 4.22. The Morgan fingerprint density at radius 3 is 2.23 bits per heavy atom. The summed E-state index contributed by atoms with van der Waals surface area (Å²) < 4.78 is 0. The largest absolute Gasteiger partial charge is 0.507 e. The summed E-state index contributed by atoms with van der Waals surface area (Å²) in [7, 11) is 0. The van der Waals surface area contributed by atoms with Crippen LogP contribution in [0, 0.1) is 11.8 Å². The molecule has 1 aromatic carbocycles. The van der Waals surface area contributed by atoms with Crippen LogP contribution in [-0.2, 0) is 4.79 Å². The van der Waals surface area contributed by atoms with Crippen LogP contribution >= 0.6 is 0 Å². The molecule has 1 unspecified atom stereocenters. The van der Waals surface area contributed by atoms with Crippen molar-refractivity contribution in [2.45, 2.75) is 46.5 Å². The van der Waals surface area contributed by atoms with E-state index < -0.39 is 11.6 Å². The molecule has 1 aromatic rings. The number of aliphatic hydroxyl groups excluding tert-OH is 1. The third kappa shape index (κ3) is 3.46. The zero-order valence-electron chi connectivity index (χ0n) is 13.6. The molecule has 3 nitrogen and oxygen atoms in total. The molecule has 2 rings (SSSR count). The first-order chi connectivity index (χ1) is 10.4. The molecule has 0 heterocycles. The van der Waals surface area contributed by atoms with Crippen LogP contribution in [0.3, 0.4) is 0 Å². The summed E-state index contributed by atoms with van der Waals surface area (Å²) in [6, 6.07) is 6.76. The standard InChI is InChI=1S/C19H24O3/c1-12(2)7-6-8-13(3)11-16-17(20)14-9-4-5-10-15(14)18(21)19(16)22/h4-5,9-10,12-13,20H,6-8,11H2,1-3H3. The second-order valence-corrected chi connectivity index (χ2v) is 6.67. The molecule has 0 saturated carbocycles. The summed E-state index contributed by atoms with van der Waals surface area (Å²) in [5.74, 6) is -0.122. The number of fused-ring (bicyclic) bond motifs is 1. The minimum absolute atomic E-state index is 0.0177. The number of aliphatic hydroxyl groups is 1. The van der Waals surface area contributed by atoms with Gasteiger partial charge >= 0.3 is 0 Å². The lowest BCUT2D eigenvalue weighted by Gasteiger charge is -2.20. The van der Waals surface area contributed by atoms with Gasteiger partial charge in [-0.2, -0.15) is 0 Å². The van der Waals surface area contributed by atoms with Crippen LogP contribution in [-0.4, -0.2) is 16.7 Å². The Morgan fingerprint density at radius 2 is 1.59 bits per heavy atom. The Balaban J connectivity index is 2.16. The van der Waals surface area contributed by atoms with Gasteiger partial charge in [0, 0.05) is 16.7 Å². The first-order valence-electron chi connectivity index (χ1n) is 8.02. The highest BCUT2D eigenvalue weighted by atomic mass is 16.3. The maximum absolute atomic E-state index is 12.2. The second-order valence-electron chi connectivity index (χ2n) is 6.67. The van der Waals surface area contributed by atoms with Gasteiger partial charge in [0.25, 0.3) is 0 Å². The third-order valence-corrected chi connectivity index (χ3v) is 4.22. The van der Waals surface area contributed by atoms with Crippen molar-refractivity contribution in [1.29, 1.82) is 0 Å². The lowest BCUT2D eigenvalue weighted by atomic mass is 9.83. The van der Waals surface area contributed by atoms with E-state index in [2.05, 4.69) is 20.8 Å². The van der Waals surface area contributed by atoms with Crippen LogP contribution in [0.4, 0.5) is 0 Å². The molecule has 0 fully saturated rings. The van der Waals surface area contributed by atoms with Crippen LogP contribution < -0.4 is 0 Å². The highest BCUT2D eigenvalue weighted by molar-refractivity contribution is 6.52. The number of carbonyl (C=O) groups excluding carboxylic acids is 2. The molecular weight excluding hydrogens is 276 g/mol. The smallest absolute Gasteiger partial charge is 0.234 e. The van der Waals surface area contributed by atoms with Crippen molar-refractivity contribution < 1.29 is 14.7 Å². The van der Waals surface area contributed by atoms with Gasteiger partial charge in [0.15, 0.2) is 0 Å². The molecule has 22 heavy (non-hydrogen) atoms. The molecule has 0 aliphatic heterocycles. The number of rotatable bonds is 6. The molecular formula is C19H24O3. The molecule has 0 spiro atoms. The van der Waals surface area contributed by atoms with E-state index >= 15 is 0 Å². The van der Waals surface area contributed by atoms with E-state index in [1.54, 1.807) is 24.3 Å². The highest BCUT2D eigenvalue weighted by Crippen LogP contribution is 2.32. The maximum atomic E-state index is 12.2. The number of Topliss-reactive ketones (excluding diaryl/α,β-unsaturated/α-hetero) is 2. The van der Waals surface area contributed by atoms with Crippen molar-refractivity contribution in [2.24, 2.45) is 11.8 Å². The number of carbonyl (C=O) groups is 2. The van der Waals surface area contributed by atoms with Gasteiger partial charge in [-0.25, -0.2) is 0 Å². The van der Waals surface area contributed by atoms with E-state index in [0.717, 1.165) is 19.3 Å². The average Bonchev–Trinajstić information content (AvgIpc) is 2.49. The van der Waals surface area contributed by atoms with Gasteiger partial charge in [-0.15, -0.1) is 0 Å². The zero-order chi connectivity index (χ0) is 16.3. The van der Waals surface area contributed by atoms with Crippen molar-refractivity contribution in [1.82, 2.24) is 0 Å². The van der Waals surface area contributed by atoms with E-state index in [1.165, 1.54) is 0 Å². The molecule has 0 amide bonds. The van der Waals surface area contributed by atoms with Crippen molar-refractivity contribution in [3.05, 3.63) is 41.0 Å². The summed E-state index contributed by atoms with van der Waals surface area (Å²) in [4.78, 5) is 24.4. The monoisotopic (exact) mass is 300 g/mol. The van der Waals surface area contributed by atoms with E-state index in [9.17, 15) is 14.7 Å². The molecule has 118 valence electrons. The van der Waals surface area contributed by atoms with E-state index in [-0.39, 0.29) is 17.3 Å². The summed E-state index contributed by atoms with van der Waals surface area (Å²) in [5, 5.41) is 10.4. The molecule has 0 radical (unpaired) electrons. The second kappa shape index (κ2) is 6.91. The summed E-state index contributed by atoms with van der Waals surface area (Å²) in [6.45, 7) is 6.46.